The minimum atomic E-state index is -0.521. The van der Waals surface area contributed by atoms with Crippen molar-refractivity contribution < 1.29 is 19.1 Å². The second-order valence-corrected chi connectivity index (χ2v) is 11.8. The van der Waals surface area contributed by atoms with Crippen LogP contribution in [0.3, 0.4) is 0 Å². The number of methoxy groups -OCH3 is 1. The van der Waals surface area contributed by atoms with Gasteiger partial charge in [0.05, 0.1) is 18.0 Å². The van der Waals surface area contributed by atoms with Gasteiger partial charge in [0.15, 0.2) is 5.96 Å². The average Bonchev–Trinajstić information content (AvgIpc) is 3.51. The van der Waals surface area contributed by atoms with E-state index >= 15 is 0 Å². The number of benzene rings is 1. The van der Waals surface area contributed by atoms with E-state index in [1.54, 1.807) is 12.0 Å². The van der Waals surface area contributed by atoms with Gasteiger partial charge >= 0.3 is 0 Å². The largest absolute Gasteiger partial charge is 0.487 e. The zero-order chi connectivity index (χ0) is 25.7. The number of guanidine groups is 1. The molecule has 0 aromatic heterocycles. The van der Waals surface area contributed by atoms with Crippen LogP contribution in [0.1, 0.15) is 70.5 Å². The predicted molar refractivity (Wildman–Crippen MR) is 135 cm³/mol. The Morgan fingerprint density at radius 3 is 2.74 bits per heavy atom. The van der Waals surface area contributed by atoms with Crippen LogP contribution < -0.4 is 15.8 Å². The first-order chi connectivity index (χ1) is 16.3. The van der Waals surface area contributed by atoms with Crippen molar-refractivity contribution in [2.24, 2.45) is 22.6 Å². The van der Waals surface area contributed by atoms with Crippen LogP contribution in [0.2, 0.25) is 5.02 Å². The molecule has 0 saturated heterocycles. The van der Waals surface area contributed by atoms with Gasteiger partial charge in [-0.2, -0.15) is 0 Å². The minimum absolute atomic E-state index is 0.00186. The first-order valence-corrected chi connectivity index (χ1v) is 12.7. The maximum absolute atomic E-state index is 13.4. The molecule has 1 fully saturated rings. The molecule has 3 aliphatic rings. The van der Waals surface area contributed by atoms with Crippen LogP contribution in [0.25, 0.3) is 0 Å². The number of nitrogens with two attached hydrogens (primary N) is 1. The van der Waals surface area contributed by atoms with Crippen molar-refractivity contribution in [1.29, 1.82) is 0 Å². The molecule has 3 N–H and O–H groups in total. The van der Waals surface area contributed by atoms with Gasteiger partial charge < -0.3 is 20.5 Å². The fraction of sp³-hybridized carbons (Fsp3) is 0.654. The highest BCUT2D eigenvalue weighted by molar-refractivity contribution is 6.31. The summed E-state index contributed by atoms with van der Waals surface area (Å²) in [7, 11) is 1.63. The van der Waals surface area contributed by atoms with E-state index in [0.717, 1.165) is 16.9 Å². The number of ether oxygens (including phenoxy) is 2. The number of carbonyl (C=O) groups is 2. The molecule has 9 heteroatoms. The Hall–Kier alpha value is -2.32. The van der Waals surface area contributed by atoms with E-state index in [0.29, 0.717) is 30.9 Å². The Morgan fingerprint density at radius 1 is 1.37 bits per heavy atom. The van der Waals surface area contributed by atoms with Crippen LogP contribution in [-0.4, -0.2) is 53.6 Å². The molecule has 2 amide bonds. The van der Waals surface area contributed by atoms with Crippen LogP contribution in [0.4, 0.5) is 0 Å². The van der Waals surface area contributed by atoms with Crippen molar-refractivity contribution >= 4 is 29.4 Å². The first kappa shape index (κ1) is 25.8. The lowest BCUT2D eigenvalue weighted by Crippen LogP contribution is -2.55. The van der Waals surface area contributed by atoms with Crippen LogP contribution in [0, 0.1) is 18.8 Å². The molecule has 2 heterocycles. The Labute approximate surface area is 212 Å². The van der Waals surface area contributed by atoms with Gasteiger partial charge in [-0.05, 0) is 71.1 Å². The van der Waals surface area contributed by atoms with Crippen molar-refractivity contribution in [3.05, 3.63) is 28.3 Å². The monoisotopic (exact) mass is 504 g/mol. The van der Waals surface area contributed by atoms with E-state index in [1.807, 2.05) is 46.8 Å². The number of fused-ring (bicyclic) bond motifs is 1. The molecule has 192 valence electrons. The van der Waals surface area contributed by atoms with Crippen molar-refractivity contribution in [1.82, 2.24) is 10.2 Å². The zero-order valence-electron chi connectivity index (χ0n) is 21.5. The van der Waals surface area contributed by atoms with Crippen LogP contribution in [0.15, 0.2) is 17.1 Å². The summed E-state index contributed by atoms with van der Waals surface area (Å²) in [6, 6.07) is 3.39. The number of nitrogens with zero attached hydrogens (tertiary/aromatic N) is 2. The second-order valence-electron chi connectivity index (χ2n) is 11.3. The number of hydrogen-bond donors (Lipinski definition) is 2. The minimum Gasteiger partial charge on any atom is -0.487 e. The highest BCUT2D eigenvalue weighted by Gasteiger charge is 2.52. The highest BCUT2D eigenvalue weighted by Crippen LogP contribution is 2.47. The van der Waals surface area contributed by atoms with E-state index in [2.05, 4.69) is 10.3 Å². The molecule has 8 nitrogen and oxygen atoms in total. The fourth-order valence-corrected chi connectivity index (χ4v) is 5.61. The Bertz CT molecular complexity index is 1050. The average molecular weight is 505 g/mol. The number of nitrogens with one attached hydrogen (secondary N) is 1. The highest BCUT2D eigenvalue weighted by atomic mass is 35.5. The molecule has 2 aliphatic heterocycles. The molecule has 2 unspecified atom stereocenters. The van der Waals surface area contributed by atoms with E-state index in [1.165, 1.54) is 0 Å². The van der Waals surface area contributed by atoms with E-state index in [-0.39, 0.29) is 48.1 Å². The maximum Gasteiger partial charge on any atom is 0.231 e. The number of aliphatic imine (C=N–C) groups is 1. The van der Waals surface area contributed by atoms with Crippen molar-refractivity contribution in [2.45, 2.75) is 83.5 Å². The van der Waals surface area contributed by atoms with Crippen molar-refractivity contribution in [3.63, 3.8) is 0 Å². The van der Waals surface area contributed by atoms with Gasteiger partial charge in [0, 0.05) is 42.7 Å². The lowest BCUT2D eigenvalue weighted by Gasteiger charge is -2.39. The summed E-state index contributed by atoms with van der Waals surface area (Å²) in [4.78, 5) is 32.6. The molecular formula is C26H37ClN4O4. The van der Waals surface area contributed by atoms with Gasteiger partial charge in [0.25, 0.3) is 0 Å². The summed E-state index contributed by atoms with van der Waals surface area (Å²) >= 11 is 6.40. The summed E-state index contributed by atoms with van der Waals surface area (Å²) in [6.45, 7) is 10.2. The Kier molecular flexibility index (Phi) is 6.83. The van der Waals surface area contributed by atoms with Crippen molar-refractivity contribution in [3.8, 4) is 5.75 Å². The molecule has 35 heavy (non-hydrogen) atoms. The number of carbonyl (C=O) groups excluding carboxylic acids is 2. The number of halogens is 1. The van der Waals surface area contributed by atoms with E-state index in [9.17, 15) is 9.59 Å². The van der Waals surface area contributed by atoms with E-state index < -0.39 is 11.1 Å². The van der Waals surface area contributed by atoms with Crippen LogP contribution in [-0.2, 0) is 14.3 Å². The third-order valence-electron chi connectivity index (χ3n) is 7.20. The number of rotatable bonds is 7. The van der Waals surface area contributed by atoms with E-state index in [4.69, 9.17) is 26.8 Å². The van der Waals surface area contributed by atoms with Gasteiger partial charge in [-0.25, -0.2) is 4.99 Å². The van der Waals surface area contributed by atoms with Gasteiger partial charge in [-0.3, -0.25) is 14.5 Å². The lowest BCUT2D eigenvalue weighted by molar-refractivity contribution is -0.132. The van der Waals surface area contributed by atoms with Gasteiger partial charge in [-0.15, -0.1) is 0 Å². The summed E-state index contributed by atoms with van der Waals surface area (Å²) in [6.07, 6.45) is 2.20. The normalized spacial score (nSPS) is 27.4. The number of hydrogen-bond acceptors (Lipinski definition) is 6. The van der Waals surface area contributed by atoms with Gasteiger partial charge in [0.1, 0.15) is 11.4 Å². The molecule has 1 aromatic rings. The maximum atomic E-state index is 13.4. The Balaban J connectivity index is 1.52. The van der Waals surface area contributed by atoms with Crippen LogP contribution >= 0.6 is 11.6 Å². The SMILES string of the molecule is COCC[C@H](C1CC1C(=O)N[C@H]1CC(C)(C)Oc2cc(C)c(Cl)cc21)N1C(=O)CC(C)(C)N=C1N. The fourth-order valence-electron chi connectivity index (χ4n) is 5.44. The summed E-state index contributed by atoms with van der Waals surface area (Å²) in [5, 5.41) is 3.89. The summed E-state index contributed by atoms with van der Waals surface area (Å²) in [5.41, 5.74) is 7.14. The topological polar surface area (TPSA) is 106 Å². The number of aryl methyl sites for hydroxylation is 1. The molecule has 4 rings (SSSR count). The molecule has 0 spiro atoms. The second kappa shape index (κ2) is 9.28. The number of amides is 2. The van der Waals surface area contributed by atoms with Gasteiger partial charge in [0.2, 0.25) is 11.8 Å². The zero-order valence-corrected chi connectivity index (χ0v) is 22.2. The standard InChI is InChI=1S/C26H37ClN4O4/c1-14-9-21-17(11-18(14)27)19(12-26(4,5)35-21)29-23(33)16-10-15(16)20(7-8-34-6)31-22(32)13-25(2,3)30-24(31)28/h9,11,15-16,19-20H,7-8,10,12-13H2,1-6H3,(H2,28,30)(H,29,33)/t15?,16?,19-,20+/m0/s1. The summed E-state index contributed by atoms with van der Waals surface area (Å²) in [5.74, 6) is 0.691. The molecule has 1 aromatic carbocycles. The first-order valence-electron chi connectivity index (χ1n) is 12.3. The molecule has 0 bridgehead atoms. The molecule has 1 saturated carbocycles. The molecule has 4 atom stereocenters. The predicted octanol–water partition coefficient (Wildman–Crippen LogP) is 3.73. The molecule has 1 aliphatic carbocycles. The smallest absolute Gasteiger partial charge is 0.231 e. The van der Waals surface area contributed by atoms with Gasteiger partial charge in [-0.1, -0.05) is 11.6 Å². The quantitative estimate of drug-likeness (QED) is 0.588. The van der Waals surface area contributed by atoms with Crippen molar-refractivity contribution in [2.75, 3.05) is 13.7 Å². The Morgan fingerprint density at radius 2 is 2.09 bits per heavy atom. The third-order valence-corrected chi connectivity index (χ3v) is 7.61. The third kappa shape index (κ3) is 5.43. The summed E-state index contributed by atoms with van der Waals surface area (Å²) < 4.78 is 11.5. The lowest BCUT2D eigenvalue weighted by atomic mass is 9.89. The molecule has 0 radical (unpaired) electrons. The molecular weight excluding hydrogens is 468 g/mol. The van der Waals surface area contributed by atoms with Crippen LogP contribution in [0.5, 0.6) is 5.75 Å².